The van der Waals surface area contributed by atoms with E-state index < -0.39 is 16.1 Å². The molecule has 1 N–H and O–H groups in total. The zero-order valence-corrected chi connectivity index (χ0v) is 18.7. The van der Waals surface area contributed by atoms with Gasteiger partial charge in [-0.3, -0.25) is 4.79 Å². The second-order valence-corrected chi connectivity index (χ2v) is 9.90. The first kappa shape index (κ1) is 21.8. The average molecular weight is 481 g/mol. The van der Waals surface area contributed by atoms with E-state index >= 15 is 0 Å². The number of carbonyl (C=O) groups is 1. The number of carbonyl (C=O) groups excluding carboxylic acids is 1. The molecule has 0 saturated carbocycles. The number of nitrogens with one attached hydrogen (secondary N) is 1. The predicted molar refractivity (Wildman–Crippen MR) is 117 cm³/mol. The third kappa shape index (κ3) is 5.81. The fourth-order valence-electron chi connectivity index (χ4n) is 3.18. The SMILES string of the molecule is CC(Oc1ccc(Br)cc1)C(=O)Nc1cccc(S(=O)(=O)N2CCCCCC2)c1. The Kier molecular flexibility index (Phi) is 7.32. The van der Waals surface area contributed by atoms with Crippen LogP contribution in [0, 0.1) is 0 Å². The molecule has 6 nitrogen and oxygen atoms in total. The van der Waals surface area contributed by atoms with Crippen molar-refractivity contribution in [2.24, 2.45) is 0 Å². The summed E-state index contributed by atoms with van der Waals surface area (Å²) < 4.78 is 34.0. The fourth-order valence-corrected chi connectivity index (χ4v) is 5.01. The molecule has 2 aromatic carbocycles. The maximum Gasteiger partial charge on any atom is 0.265 e. The van der Waals surface area contributed by atoms with Gasteiger partial charge in [0.2, 0.25) is 10.0 Å². The van der Waals surface area contributed by atoms with E-state index in [0.717, 1.165) is 30.2 Å². The largest absolute Gasteiger partial charge is 0.481 e. The molecule has 0 radical (unpaired) electrons. The predicted octanol–water partition coefficient (Wildman–Crippen LogP) is 4.42. The van der Waals surface area contributed by atoms with E-state index in [1.54, 1.807) is 41.6 Å². The van der Waals surface area contributed by atoms with Crippen LogP contribution in [-0.4, -0.2) is 37.8 Å². The van der Waals surface area contributed by atoms with Gasteiger partial charge in [-0.15, -0.1) is 0 Å². The quantitative estimate of drug-likeness (QED) is 0.663. The summed E-state index contributed by atoms with van der Waals surface area (Å²) in [6.07, 6.45) is 3.12. The van der Waals surface area contributed by atoms with Crippen LogP contribution >= 0.6 is 15.9 Å². The molecule has 29 heavy (non-hydrogen) atoms. The van der Waals surface area contributed by atoms with Gasteiger partial charge >= 0.3 is 0 Å². The van der Waals surface area contributed by atoms with Crippen molar-refractivity contribution in [2.45, 2.75) is 43.6 Å². The highest BCUT2D eigenvalue weighted by Gasteiger charge is 2.25. The maximum absolute atomic E-state index is 13.0. The number of sulfonamides is 1. The molecular weight excluding hydrogens is 456 g/mol. The Morgan fingerprint density at radius 2 is 1.72 bits per heavy atom. The lowest BCUT2D eigenvalue weighted by Crippen LogP contribution is -2.32. The van der Waals surface area contributed by atoms with Gasteiger partial charge in [0, 0.05) is 23.2 Å². The number of amides is 1. The second-order valence-electron chi connectivity index (χ2n) is 7.05. The van der Waals surface area contributed by atoms with Gasteiger partial charge in [-0.05, 0) is 62.2 Å². The highest BCUT2D eigenvalue weighted by atomic mass is 79.9. The topological polar surface area (TPSA) is 75.7 Å². The van der Waals surface area contributed by atoms with Crippen LogP contribution in [0.2, 0.25) is 0 Å². The van der Waals surface area contributed by atoms with Gasteiger partial charge in [-0.25, -0.2) is 8.42 Å². The smallest absolute Gasteiger partial charge is 0.265 e. The van der Waals surface area contributed by atoms with Crippen molar-refractivity contribution in [1.82, 2.24) is 4.31 Å². The van der Waals surface area contributed by atoms with Crippen LogP contribution in [0.4, 0.5) is 5.69 Å². The molecule has 1 aliphatic heterocycles. The molecule has 1 unspecified atom stereocenters. The van der Waals surface area contributed by atoms with Crippen LogP contribution < -0.4 is 10.1 Å². The van der Waals surface area contributed by atoms with E-state index in [1.165, 1.54) is 6.07 Å². The third-order valence-corrected chi connectivity index (χ3v) is 7.22. The van der Waals surface area contributed by atoms with Crippen molar-refractivity contribution < 1.29 is 17.9 Å². The molecule has 1 fully saturated rings. The summed E-state index contributed by atoms with van der Waals surface area (Å²) in [6.45, 7) is 2.73. The van der Waals surface area contributed by atoms with E-state index in [-0.39, 0.29) is 10.8 Å². The highest BCUT2D eigenvalue weighted by molar-refractivity contribution is 9.10. The Labute approximate surface area is 180 Å². The van der Waals surface area contributed by atoms with Gasteiger partial charge in [0.15, 0.2) is 6.10 Å². The van der Waals surface area contributed by atoms with Crippen molar-refractivity contribution in [2.75, 3.05) is 18.4 Å². The van der Waals surface area contributed by atoms with Crippen LogP contribution in [0.15, 0.2) is 57.9 Å². The van der Waals surface area contributed by atoms with Crippen molar-refractivity contribution >= 4 is 37.5 Å². The Bertz CT molecular complexity index is 939. The van der Waals surface area contributed by atoms with E-state index in [4.69, 9.17) is 4.74 Å². The number of nitrogens with zero attached hydrogens (tertiary/aromatic N) is 1. The number of hydrogen-bond donors (Lipinski definition) is 1. The summed E-state index contributed by atoms with van der Waals surface area (Å²) in [7, 11) is -3.57. The van der Waals surface area contributed by atoms with Crippen LogP contribution in [0.1, 0.15) is 32.6 Å². The van der Waals surface area contributed by atoms with E-state index in [0.29, 0.717) is 24.5 Å². The van der Waals surface area contributed by atoms with Crippen molar-refractivity contribution in [3.05, 3.63) is 53.0 Å². The van der Waals surface area contributed by atoms with Crippen LogP contribution in [0.3, 0.4) is 0 Å². The van der Waals surface area contributed by atoms with Crippen molar-refractivity contribution in [3.63, 3.8) is 0 Å². The van der Waals surface area contributed by atoms with Crippen LogP contribution in [0.5, 0.6) is 5.75 Å². The first-order chi connectivity index (χ1) is 13.9. The van der Waals surface area contributed by atoms with E-state index in [1.807, 2.05) is 12.1 Å². The van der Waals surface area contributed by atoms with E-state index in [9.17, 15) is 13.2 Å². The molecule has 1 amide bonds. The Morgan fingerprint density at radius 1 is 1.07 bits per heavy atom. The lowest BCUT2D eigenvalue weighted by atomic mass is 10.2. The summed E-state index contributed by atoms with van der Waals surface area (Å²) in [5.74, 6) is 0.227. The zero-order chi connectivity index (χ0) is 20.9. The van der Waals surface area contributed by atoms with Gasteiger partial charge in [0.1, 0.15) is 5.75 Å². The van der Waals surface area contributed by atoms with Gasteiger partial charge in [-0.1, -0.05) is 34.8 Å². The summed E-state index contributed by atoms with van der Waals surface area (Å²) in [6, 6.07) is 13.6. The Balaban J connectivity index is 1.68. The second kappa shape index (κ2) is 9.73. The number of rotatable bonds is 6. The number of anilines is 1. The molecule has 1 saturated heterocycles. The average Bonchev–Trinajstić information content (AvgIpc) is 3.00. The molecule has 0 aromatic heterocycles. The zero-order valence-electron chi connectivity index (χ0n) is 16.3. The third-order valence-electron chi connectivity index (χ3n) is 4.80. The molecule has 156 valence electrons. The molecular formula is C21H25BrN2O4S. The molecule has 1 aliphatic rings. The summed E-state index contributed by atoms with van der Waals surface area (Å²) in [5.41, 5.74) is 0.428. The molecule has 0 bridgehead atoms. The lowest BCUT2D eigenvalue weighted by Gasteiger charge is -2.20. The normalized spacial score (nSPS) is 16.6. The highest BCUT2D eigenvalue weighted by Crippen LogP contribution is 2.23. The monoisotopic (exact) mass is 480 g/mol. The van der Waals surface area contributed by atoms with Crippen molar-refractivity contribution in [3.8, 4) is 5.75 Å². The molecule has 2 aromatic rings. The molecule has 3 rings (SSSR count). The van der Waals surface area contributed by atoms with Gasteiger partial charge in [0.25, 0.3) is 5.91 Å². The Morgan fingerprint density at radius 3 is 2.38 bits per heavy atom. The van der Waals surface area contributed by atoms with Gasteiger partial charge < -0.3 is 10.1 Å². The number of benzene rings is 2. The van der Waals surface area contributed by atoms with Gasteiger partial charge in [0.05, 0.1) is 4.90 Å². The van der Waals surface area contributed by atoms with Gasteiger partial charge in [-0.2, -0.15) is 4.31 Å². The fraction of sp³-hybridized carbons (Fsp3) is 0.381. The molecule has 1 heterocycles. The molecule has 0 aliphatic carbocycles. The minimum atomic E-state index is -3.57. The number of ether oxygens (including phenoxy) is 1. The first-order valence-corrected chi connectivity index (χ1v) is 11.9. The summed E-state index contributed by atoms with van der Waals surface area (Å²) in [4.78, 5) is 12.7. The maximum atomic E-state index is 13.0. The van der Waals surface area contributed by atoms with E-state index in [2.05, 4.69) is 21.2 Å². The Hall–Kier alpha value is -1.90. The van der Waals surface area contributed by atoms with Crippen molar-refractivity contribution in [1.29, 1.82) is 0 Å². The summed E-state index contributed by atoms with van der Waals surface area (Å²) >= 11 is 3.35. The molecule has 0 spiro atoms. The van der Waals surface area contributed by atoms with Crippen LogP contribution in [0.25, 0.3) is 0 Å². The van der Waals surface area contributed by atoms with Crippen LogP contribution in [-0.2, 0) is 14.8 Å². The standard InChI is InChI=1S/C21H25BrN2O4S/c1-16(28-19-11-9-17(22)10-12-19)21(25)23-18-7-6-8-20(15-18)29(26,27)24-13-4-2-3-5-14-24/h6-12,15-16H,2-5,13-14H2,1H3,(H,23,25). The minimum absolute atomic E-state index is 0.193. The minimum Gasteiger partial charge on any atom is -0.481 e. The number of halogens is 1. The first-order valence-electron chi connectivity index (χ1n) is 9.69. The summed E-state index contributed by atoms with van der Waals surface area (Å²) in [5, 5.41) is 2.74. The molecule has 1 atom stereocenters. The lowest BCUT2D eigenvalue weighted by molar-refractivity contribution is -0.122. The number of hydrogen-bond acceptors (Lipinski definition) is 4. The molecule has 8 heteroatoms.